The van der Waals surface area contributed by atoms with Crippen molar-refractivity contribution in [2.45, 2.75) is 38.4 Å². The largest absolute Gasteiger partial charge is 0.344 e. The van der Waals surface area contributed by atoms with Gasteiger partial charge in [0.1, 0.15) is 0 Å². The molecule has 1 fully saturated rings. The van der Waals surface area contributed by atoms with E-state index in [1.807, 2.05) is 0 Å². The Hall–Kier alpha value is -0.860. The molecule has 0 N–H and O–H groups in total. The van der Waals surface area contributed by atoms with E-state index in [4.69, 9.17) is 9.47 Å². The van der Waals surface area contributed by atoms with Crippen LogP contribution in [-0.2, 0) is 9.47 Å². The van der Waals surface area contributed by atoms with Crippen LogP contribution < -0.4 is 0 Å². The molecular weight excluding hydrogens is 212 g/mol. The van der Waals surface area contributed by atoms with Crippen molar-refractivity contribution >= 4 is 0 Å². The van der Waals surface area contributed by atoms with Crippen LogP contribution in [0.5, 0.6) is 0 Å². The van der Waals surface area contributed by atoms with Gasteiger partial charge in [0, 0.05) is 6.42 Å². The summed E-state index contributed by atoms with van der Waals surface area (Å²) in [5, 5.41) is 0. The van der Waals surface area contributed by atoms with Crippen molar-refractivity contribution in [3.8, 4) is 0 Å². The fourth-order valence-electron chi connectivity index (χ4n) is 2.33. The molecule has 2 heteroatoms. The molecule has 0 aromatic carbocycles. The zero-order valence-corrected chi connectivity index (χ0v) is 10.6. The van der Waals surface area contributed by atoms with E-state index in [1.54, 1.807) is 0 Å². The summed E-state index contributed by atoms with van der Waals surface area (Å²) >= 11 is 0. The van der Waals surface area contributed by atoms with Gasteiger partial charge in [-0.2, -0.15) is 0 Å². The number of allylic oxidation sites excluding steroid dienone is 5. The van der Waals surface area contributed by atoms with Crippen LogP contribution in [0.2, 0.25) is 0 Å². The second-order valence-electron chi connectivity index (χ2n) is 4.71. The molecule has 17 heavy (non-hydrogen) atoms. The SMILES string of the molecule is CCC/C=C/C=C/[C@@H]1CC=CC2(C1)OCCO2. The van der Waals surface area contributed by atoms with Gasteiger partial charge in [-0.25, -0.2) is 0 Å². The third-order valence-corrected chi connectivity index (χ3v) is 3.22. The maximum atomic E-state index is 5.70. The van der Waals surface area contributed by atoms with Crippen LogP contribution in [0, 0.1) is 5.92 Å². The Bertz CT molecular complexity index is 309. The van der Waals surface area contributed by atoms with Gasteiger partial charge in [0.15, 0.2) is 5.79 Å². The maximum Gasteiger partial charge on any atom is 0.188 e. The molecule has 94 valence electrons. The molecule has 0 aromatic rings. The highest BCUT2D eigenvalue weighted by atomic mass is 16.7. The highest BCUT2D eigenvalue weighted by Gasteiger charge is 2.37. The van der Waals surface area contributed by atoms with E-state index in [9.17, 15) is 0 Å². The van der Waals surface area contributed by atoms with Gasteiger partial charge in [-0.15, -0.1) is 0 Å². The Kier molecular flexibility index (Phi) is 4.57. The Balaban J connectivity index is 1.85. The zero-order valence-electron chi connectivity index (χ0n) is 10.6. The summed E-state index contributed by atoms with van der Waals surface area (Å²) in [6.45, 7) is 3.63. The van der Waals surface area contributed by atoms with Crippen LogP contribution in [0.1, 0.15) is 32.6 Å². The summed E-state index contributed by atoms with van der Waals surface area (Å²) in [6, 6.07) is 0. The van der Waals surface area contributed by atoms with Crippen LogP contribution in [0.25, 0.3) is 0 Å². The number of hydrogen-bond acceptors (Lipinski definition) is 2. The first kappa shape index (κ1) is 12.6. The fraction of sp³-hybridized carbons (Fsp3) is 0.600. The predicted molar refractivity (Wildman–Crippen MR) is 69.7 cm³/mol. The molecule has 1 aliphatic carbocycles. The number of ether oxygens (including phenoxy) is 2. The van der Waals surface area contributed by atoms with Crippen LogP contribution >= 0.6 is 0 Å². The van der Waals surface area contributed by atoms with Gasteiger partial charge in [0.2, 0.25) is 0 Å². The Morgan fingerprint density at radius 1 is 1.29 bits per heavy atom. The minimum Gasteiger partial charge on any atom is -0.344 e. The van der Waals surface area contributed by atoms with Crippen molar-refractivity contribution in [2.75, 3.05) is 13.2 Å². The third kappa shape index (κ3) is 3.55. The van der Waals surface area contributed by atoms with E-state index in [-0.39, 0.29) is 0 Å². The molecule has 0 saturated carbocycles. The summed E-state index contributed by atoms with van der Waals surface area (Å²) in [5.41, 5.74) is 0. The van der Waals surface area contributed by atoms with E-state index in [0.29, 0.717) is 5.92 Å². The van der Waals surface area contributed by atoms with E-state index in [2.05, 4.69) is 43.4 Å². The molecule has 2 rings (SSSR count). The summed E-state index contributed by atoms with van der Waals surface area (Å²) in [5.74, 6) is 0.116. The van der Waals surface area contributed by atoms with Gasteiger partial charge in [-0.1, -0.05) is 43.7 Å². The van der Waals surface area contributed by atoms with Crippen molar-refractivity contribution in [3.63, 3.8) is 0 Å². The molecule has 0 aromatic heterocycles. The summed E-state index contributed by atoms with van der Waals surface area (Å²) in [7, 11) is 0. The number of rotatable bonds is 4. The molecule has 0 bridgehead atoms. The molecule has 1 aliphatic heterocycles. The van der Waals surface area contributed by atoms with Crippen molar-refractivity contribution in [2.24, 2.45) is 5.92 Å². The molecule has 2 nitrogen and oxygen atoms in total. The lowest BCUT2D eigenvalue weighted by atomic mass is 9.90. The zero-order chi connectivity index (χ0) is 12.0. The average molecular weight is 234 g/mol. The monoisotopic (exact) mass is 234 g/mol. The van der Waals surface area contributed by atoms with Crippen LogP contribution in [0.4, 0.5) is 0 Å². The maximum absolute atomic E-state index is 5.70. The quantitative estimate of drug-likeness (QED) is 0.546. The molecule has 0 amide bonds. The van der Waals surface area contributed by atoms with Gasteiger partial charge >= 0.3 is 0 Å². The first-order chi connectivity index (χ1) is 8.35. The second kappa shape index (κ2) is 6.18. The topological polar surface area (TPSA) is 18.5 Å². The van der Waals surface area contributed by atoms with E-state index in [1.165, 1.54) is 6.42 Å². The molecule has 1 atom stereocenters. The van der Waals surface area contributed by atoms with Crippen LogP contribution in [0.3, 0.4) is 0 Å². The highest BCUT2D eigenvalue weighted by molar-refractivity contribution is 5.11. The lowest BCUT2D eigenvalue weighted by Gasteiger charge is -2.30. The van der Waals surface area contributed by atoms with E-state index in [0.717, 1.165) is 32.5 Å². The first-order valence-electron chi connectivity index (χ1n) is 6.63. The highest BCUT2D eigenvalue weighted by Crippen LogP contribution is 2.34. The Morgan fingerprint density at radius 3 is 2.88 bits per heavy atom. The molecule has 1 heterocycles. The molecular formula is C15H22O2. The molecule has 1 saturated heterocycles. The fourth-order valence-corrected chi connectivity index (χ4v) is 2.33. The minimum atomic E-state index is -0.416. The van der Waals surface area contributed by atoms with Crippen LogP contribution in [0.15, 0.2) is 36.5 Å². The lowest BCUT2D eigenvalue weighted by molar-refractivity contribution is -0.130. The minimum absolute atomic E-state index is 0.416. The van der Waals surface area contributed by atoms with Crippen molar-refractivity contribution in [1.82, 2.24) is 0 Å². The second-order valence-corrected chi connectivity index (χ2v) is 4.71. The summed E-state index contributed by atoms with van der Waals surface area (Å²) in [6.07, 6.45) is 17.4. The number of hydrogen-bond donors (Lipinski definition) is 0. The Morgan fingerprint density at radius 2 is 2.12 bits per heavy atom. The van der Waals surface area contributed by atoms with E-state index >= 15 is 0 Å². The first-order valence-corrected chi connectivity index (χ1v) is 6.63. The van der Waals surface area contributed by atoms with Crippen molar-refractivity contribution in [1.29, 1.82) is 0 Å². The molecule has 0 unspecified atom stereocenters. The van der Waals surface area contributed by atoms with Crippen molar-refractivity contribution in [3.05, 3.63) is 36.5 Å². The van der Waals surface area contributed by atoms with Gasteiger partial charge in [-0.3, -0.25) is 0 Å². The van der Waals surface area contributed by atoms with Gasteiger partial charge in [0.25, 0.3) is 0 Å². The number of unbranched alkanes of at least 4 members (excludes halogenated alkanes) is 1. The smallest absolute Gasteiger partial charge is 0.188 e. The molecule has 0 radical (unpaired) electrons. The average Bonchev–Trinajstić information content (AvgIpc) is 2.77. The van der Waals surface area contributed by atoms with Gasteiger partial charge in [-0.05, 0) is 24.8 Å². The Labute approximate surface area is 104 Å². The predicted octanol–water partition coefficient (Wildman–Crippen LogP) is 3.61. The molecule has 2 aliphatic rings. The standard InChI is InChI=1S/C15H22O2/c1-2-3-4-5-6-8-14-9-7-10-15(13-14)16-11-12-17-15/h4-8,10,14H,2-3,9,11-13H2,1H3/b5-4+,8-6+/t14-/m1/s1. The normalized spacial score (nSPS) is 27.7. The van der Waals surface area contributed by atoms with Crippen LogP contribution in [-0.4, -0.2) is 19.0 Å². The summed E-state index contributed by atoms with van der Waals surface area (Å²) < 4.78 is 11.4. The van der Waals surface area contributed by atoms with Gasteiger partial charge in [0.05, 0.1) is 13.2 Å². The van der Waals surface area contributed by atoms with Gasteiger partial charge < -0.3 is 9.47 Å². The van der Waals surface area contributed by atoms with E-state index < -0.39 is 5.79 Å². The van der Waals surface area contributed by atoms with Crippen molar-refractivity contribution < 1.29 is 9.47 Å². The lowest BCUT2D eigenvalue weighted by Crippen LogP contribution is -2.32. The third-order valence-electron chi connectivity index (χ3n) is 3.22. The molecule has 1 spiro atoms. The summed E-state index contributed by atoms with van der Waals surface area (Å²) in [4.78, 5) is 0.